The molecule has 0 saturated heterocycles. The summed E-state index contributed by atoms with van der Waals surface area (Å²) in [4.78, 5) is 22.7. The van der Waals surface area contributed by atoms with Gasteiger partial charge >= 0.3 is 0 Å². The summed E-state index contributed by atoms with van der Waals surface area (Å²) in [6, 6.07) is 3.49. The van der Waals surface area contributed by atoms with Crippen LogP contribution < -0.4 is 10.1 Å². The number of methoxy groups -OCH3 is 1. The minimum Gasteiger partial charge on any atom is -0.493 e. The van der Waals surface area contributed by atoms with E-state index in [1.54, 1.807) is 6.92 Å². The largest absolute Gasteiger partial charge is 0.493 e. The summed E-state index contributed by atoms with van der Waals surface area (Å²) in [5, 5.41) is 22.7. The van der Waals surface area contributed by atoms with E-state index in [0.29, 0.717) is 0 Å². The Hall–Kier alpha value is -2.19. The Kier molecular flexibility index (Phi) is 6.57. The Labute approximate surface area is 121 Å². The summed E-state index contributed by atoms with van der Waals surface area (Å²) >= 11 is 0. The Bertz CT molecular complexity index is 505. The second-order valence-electron chi connectivity index (χ2n) is 4.15. The van der Waals surface area contributed by atoms with Gasteiger partial charge in [-0.15, -0.1) is 0 Å². The molecule has 0 aliphatic heterocycles. The van der Waals surface area contributed by atoms with Gasteiger partial charge in [0.05, 0.1) is 30.8 Å². The van der Waals surface area contributed by atoms with Crippen LogP contribution in [0.15, 0.2) is 18.2 Å². The predicted octanol–water partition coefficient (Wildman–Crippen LogP) is 0.731. The van der Waals surface area contributed by atoms with Gasteiger partial charge in [-0.2, -0.15) is 0 Å². The highest BCUT2D eigenvalue weighted by Gasteiger charge is 2.26. The fourth-order valence-corrected chi connectivity index (χ4v) is 1.77. The van der Waals surface area contributed by atoms with Crippen LogP contribution in [0.3, 0.4) is 0 Å². The van der Waals surface area contributed by atoms with Gasteiger partial charge in [0.1, 0.15) is 5.75 Å². The van der Waals surface area contributed by atoms with Crippen molar-refractivity contribution in [3.63, 3.8) is 0 Å². The molecule has 0 aromatic heterocycles. The van der Waals surface area contributed by atoms with Crippen LogP contribution in [-0.2, 0) is 4.74 Å². The summed E-state index contributed by atoms with van der Waals surface area (Å²) in [6.07, 6.45) is 0. The molecule has 21 heavy (non-hydrogen) atoms. The molecule has 1 aromatic rings. The molecule has 1 unspecified atom stereocenters. The average molecular weight is 298 g/mol. The maximum Gasteiger partial charge on any atom is 0.285 e. The summed E-state index contributed by atoms with van der Waals surface area (Å²) in [6.45, 7) is 1.72. The number of benzene rings is 1. The monoisotopic (exact) mass is 298 g/mol. The van der Waals surface area contributed by atoms with Crippen LogP contribution in [0.2, 0.25) is 0 Å². The van der Waals surface area contributed by atoms with Crippen molar-refractivity contribution in [3.8, 4) is 5.75 Å². The van der Waals surface area contributed by atoms with Crippen LogP contribution in [0.25, 0.3) is 0 Å². The second-order valence-corrected chi connectivity index (χ2v) is 4.15. The number of carbonyl (C=O) groups is 1. The van der Waals surface area contributed by atoms with Gasteiger partial charge in [0.2, 0.25) is 0 Å². The van der Waals surface area contributed by atoms with Gasteiger partial charge in [-0.25, -0.2) is 0 Å². The number of rotatable bonds is 8. The van der Waals surface area contributed by atoms with E-state index in [2.05, 4.69) is 5.32 Å². The Balaban J connectivity index is 3.13. The van der Waals surface area contributed by atoms with Gasteiger partial charge in [0.25, 0.3) is 11.6 Å². The van der Waals surface area contributed by atoms with Crippen molar-refractivity contribution in [1.82, 2.24) is 5.32 Å². The molecule has 1 aromatic carbocycles. The molecule has 0 spiro atoms. The van der Waals surface area contributed by atoms with Crippen LogP contribution >= 0.6 is 0 Å². The Morgan fingerprint density at radius 1 is 1.52 bits per heavy atom. The van der Waals surface area contributed by atoms with Gasteiger partial charge in [-0.1, -0.05) is 6.07 Å². The molecule has 1 atom stereocenters. The maximum atomic E-state index is 12.2. The zero-order chi connectivity index (χ0) is 15.8. The third-order valence-corrected chi connectivity index (χ3v) is 2.65. The summed E-state index contributed by atoms with van der Waals surface area (Å²) in [7, 11) is 1.42. The van der Waals surface area contributed by atoms with Gasteiger partial charge in [0, 0.05) is 13.2 Å². The van der Waals surface area contributed by atoms with Crippen molar-refractivity contribution in [2.24, 2.45) is 0 Å². The van der Waals surface area contributed by atoms with Crippen LogP contribution in [0.5, 0.6) is 5.75 Å². The first-order valence-electron chi connectivity index (χ1n) is 6.36. The molecule has 1 amide bonds. The van der Waals surface area contributed by atoms with Crippen molar-refractivity contribution in [1.29, 1.82) is 0 Å². The van der Waals surface area contributed by atoms with Crippen molar-refractivity contribution in [2.45, 2.75) is 13.0 Å². The quantitative estimate of drug-likeness (QED) is 0.540. The molecule has 8 nitrogen and oxygen atoms in total. The molecule has 0 bridgehead atoms. The molecule has 0 radical (unpaired) electrons. The van der Waals surface area contributed by atoms with Crippen LogP contribution in [0.1, 0.15) is 17.3 Å². The number of ether oxygens (including phenoxy) is 2. The summed E-state index contributed by atoms with van der Waals surface area (Å²) in [5.74, 6) is -0.569. The SMILES string of the molecule is CCOc1cccc([N+](=O)[O-])c1C(=O)NC(CO)COC. The van der Waals surface area contributed by atoms with E-state index >= 15 is 0 Å². The molecule has 0 heterocycles. The molecule has 0 aliphatic rings. The molecule has 116 valence electrons. The lowest BCUT2D eigenvalue weighted by Crippen LogP contribution is -2.41. The number of nitro benzene ring substituents is 1. The van der Waals surface area contributed by atoms with Gasteiger partial charge in [0.15, 0.2) is 5.56 Å². The first kappa shape index (κ1) is 16.9. The highest BCUT2D eigenvalue weighted by Crippen LogP contribution is 2.28. The third kappa shape index (κ3) is 4.40. The Morgan fingerprint density at radius 2 is 2.24 bits per heavy atom. The minimum absolute atomic E-state index is 0.0901. The average Bonchev–Trinajstić information content (AvgIpc) is 2.46. The molecule has 0 aliphatic carbocycles. The molecular weight excluding hydrogens is 280 g/mol. The maximum absolute atomic E-state index is 12.2. The first-order valence-corrected chi connectivity index (χ1v) is 6.36. The van der Waals surface area contributed by atoms with E-state index in [1.807, 2.05) is 0 Å². The smallest absolute Gasteiger partial charge is 0.285 e. The highest BCUT2D eigenvalue weighted by molar-refractivity contribution is 6.01. The fraction of sp³-hybridized carbons (Fsp3) is 0.462. The Morgan fingerprint density at radius 3 is 2.76 bits per heavy atom. The zero-order valence-corrected chi connectivity index (χ0v) is 11.9. The fourth-order valence-electron chi connectivity index (χ4n) is 1.77. The number of hydrogen-bond acceptors (Lipinski definition) is 6. The third-order valence-electron chi connectivity index (χ3n) is 2.65. The van der Waals surface area contributed by atoms with Crippen LogP contribution in [0, 0.1) is 10.1 Å². The van der Waals surface area contributed by atoms with Crippen LogP contribution in [0.4, 0.5) is 5.69 Å². The van der Waals surface area contributed by atoms with Crippen molar-refractivity contribution in [3.05, 3.63) is 33.9 Å². The standard InChI is InChI=1S/C13H18N2O6/c1-3-21-11-6-4-5-10(15(18)19)12(11)13(17)14-9(7-16)8-20-2/h4-6,9,16H,3,7-8H2,1-2H3,(H,14,17). The number of nitrogens with one attached hydrogen (secondary N) is 1. The molecule has 0 fully saturated rings. The van der Waals surface area contributed by atoms with Crippen molar-refractivity contribution in [2.75, 3.05) is 26.9 Å². The summed E-state index contributed by atoms with van der Waals surface area (Å²) in [5.41, 5.74) is -0.522. The lowest BCUT2D eigenvalue weighted by molar-refractivity contribution is -0.385. The van der Waals surface area contributed by atoms with Gasteiger partial charge in [-0.3, -0.25) is 14.9 Å². The van der Waals surface area contributed by atoms with E-state index in [-0.39, 0.29) is 36.8 Å². The molecular formula is C13H18N2O6. The van der Waals surface area contributed by atoms with E-state index < -0.39 is 16.9 Å². The molecule has 8 heteroatoms. The van der Waals surface area contributed by atoms with E-state index in [4.69, 9.17) is 14.6 Å². The number of carbonyl (C=O) groups excluding carboxylic acids is 1. The van der Waals surface area contributed by atoms with E-state index in [9.17, 15) is 14.9 Å². The predicted molar refractivity (Wildman–Crippen MR) is 74.5 cm³/mol. The zero-order valence-electron chi connectivity index (χ0n) is 11.9. The number of hydrogen-bond donors (Lipinski definition) is 2. The topological polar surface area (TPSA) is 111 Å². The van der Waals surface area contributed by atoms with Gasteiger partial charge < -0.3 is 19.9 Å². The van der Waals surface area contributed by atoms with Crippen molar-refractivity contribution >= 4 is 11.6 Å². The normalized spacial score (nSPS) is 11.8. The second kappa shape index (κ2) is 8.18. The summed E-state index contributed by atoms with van der Waals surface area (Å²) < 4.78 is 10.1. The highest BCUT2D eigenvalue weighted by atomic mass is 16.6. The molecule has 1 rings (SSSR count). The van der Waals surface area contributed by atoms with Gasteiger partial charge in [-0.05, 0) is 13.0 Å². The minimum atomic E-state index is -0.693. The molecule has 2 N–H and O–H groups in total. The van der Waals surface area contributed by atoms with E-state index in [0.717, 1.165) is 0 Å². The number of aliphatic hydroxyl groups is 1. The number of amides is 1. The number of nitrogens with zero attached hydrogens (tertiary/aromatic N) is 1. The van der Waals surface area contributed by atoms with Crippen LogP contribution in [-0.4, -0.2) is 48.9 Å². The van der Waals surface area contributed by atoms with E-state index in [1.165, 1.54) is 25.3 Å². The lowest BCUT2D eigenvalue weighted by Gasteiger charge is -2.16. The molecule has 0 saturated carbocycles. The number of aliphatic hydroxyl groups excluding tert-OH is 1. The van der Waals surface area contributed by atoms with Crippen molar-refractivity contribution < 1.29 is 24.3 Å². The first-order chi connectivity index (χ1) is 10.0. The lowest BCUT2D eigenvalue weighted by atomic mass is 10.1. The number of nitro groups is 1.